The number of aryl methyl sites for hydroxylation is 3. The lowest BCUT2D eigenvalue weighted by Gasteiger charge is -2.21. The standard InChI is InChI=1S/C26H30N6O2S/c1-16-22(18(3)34-30-16)19-6-8-20(9-7-19)26-12-21(26)13-32(14-26)10-5-11-35-25-29-28-24(31(25)4)23-17(2)27-15-33-23/h6-9,15,21H,5,10-14H2,1-4H3/t21-,26+/m1/s1. The van der Waals surface area contributed by atoms with Crippen LogP contribution in [0.4, 0.5) is 0 Å². The quantitative estimate of drug-likeness (QED) is 0.257. The van der Waals surface area contributed by atoms with E-state index in [0.29, 0.717) is 11.2 Å². The summed E-state index contributed by atoms with van der Waals surface area (Å²) in [7, 11) is 1.98. The molecule has 1 aliphatic heterocycles. The molecule has 0 radical (unpaired) electrons. The SMILES string of the molecule is Cc1ncoc1-c1nnc(SCCCN2C[C@H]3C[C@@]3(c3ccc(-c4c(C)noc4C)cc3)C2)n1C. The van der Waals surface area contributed by atoms with Crippen LogP contribution in [0.1, 0.15) is 35.6 Å². The van der Waals surface area contributed by atoms with Gasteiger partial charge in [0.1, 0.15) is 5.76 Å². The Bertz CT molecular complexity index is 1340. The number of hydrogen-bond donors (Lipinski definition) is 0. The fraction of sp³-hybridized carbons (Fsp3) is 0.462. The number of piperidine rings is 1. The van der Waals surface area contributed by atoms with Crippen LogP contribution in [-0.4, -0.2) is 55.2 Å². The lowest BCUT2D eigenvalue weighted by atomic mass is 9.92. The first-order valence-corrected chi connectivity index (χ1v) is 13.1. The van der Waals surface area contributed by atoms with Crippen molar-refractivity contribution in [2.75, 3.05) is 25.4 Å². The van der Waals surface area contributed by atoms with Gasteiger partial charge >= 0.3 is 0 Å². The highest BCUT2D eigenvalue weighted by atomic mass is 32.2. The first-order chi connectivity index (χ1) is 17.0. The van der Waals surface area contributed by atoms with E-state index in [1.165, 1.54) is 30.5 Å². The Morgan fingerprint density at radius 1 is 1.11 bits per heavy atom. The van der Waals surface area contributed by atoms with E-state index in [1.807, 2.05) is 32.4 Å². The van der Waals surface area contributed by atoms with Crippen LogP contribution in [0.2, 0.25) is 0 Å². The molecule has 0 amide bonds. The summed E-state index contributed by atoms with van der Waals surface area (Å²) in [5.41, 5.74) is 5.92. The van der Waals surface area contributed by atoms with Crippen molar-refractivity contribution in [3.63, 3.8) is 0 Å². The zero-order valence-electron chi connectivity index (χ0n) is 20.6. The average Bonchev–Trinajstić information content (AvgIpc) is 3.26. The predicted octanol–water partition coefficient (Wildman–Crippen LogP) is 4.81. The van der Waals surface area contributed by atoms with Crippen molar-refractivity contribution in [1.82, 2.24) is 29.8 Å². The molecule has 3 aromatic heterocycles. The van der Waals surface area contributed by atoms with Crippen molar-refractivity contribution < 1.29 is 8.94 Å². The number of nitrogens with zero attached hydrogens (tertiary/aromatic N) is 6. The molecule has 2 atom stereocenters. The van der Waals surface area contributed by atoms with E-state index >= 15 is 0 Å². The first kappa shape index (κ1) is 22.5. The van der Waals surface area contributed by atoms with Gasteiger partial charge in [0, 0.05) is 36.9 Å². The number of oxazole rings is 1. The highest BCUT2D eigenvalue weighted by Gasteiger charge is 2.60. The van der Waals surface area contributed by atoms with Crippen molar-refractivity contribution >= 4 is 11.8 Å². The van der Waals surface area contributed by atoms with Crippen LogP contribution in [0.3, 0.4) is 0 Å². The molecule has 9 heteroatoms. The molecule has 6 rings (SSSR count). The summed E-state index contributed by atoms with van der Waals surface area (Å²) < 4.78 is 12.8. The molecular weight excluding hydrogens is 460 g/mol. The highest BCUT2D eigenvalue weighted by molar-refractivity contribution is 7.99. The Morgan fingerprint density at radius 3 is 2.66 bits per heavy atom. The topological polar surface area (TPSA) is 86.0 Å². The fourth-order valence-corrected chi connectivity index (χ4v) is 6.51. The monoisotopic (exact) mass is 490 g/mol. The first-order valence-electron chi connectivity index (χ1n) is 12.1. The molecule has 0 unspecified atom stereocenters. The van der Waals surface area contributed by atoms with Crippen molar-refractivity contribution in [2.45, 2.75) is 44.2 Å². The number of benzene rings is 1. The summed E-state index contributed by atoms with van der Waals surface area (Å²) >= 11 is 1.75. The van der Waals surface area contributed by atoms with Crippen LogP contribution in [0, 0.1) is 26.7 Å². The summed E-state index contributed by atoms with van der Waals surface area (Å²) in [6.45, 7) is 9.38. The number of likely N-dealkylation sites (tertiary alicyclic amines) is 1. The highest BCUT2D eigenvalue weighted by Crippen LogP contribution is 2.59. The maximum Gasteiger partial charge on any atom is 0.202 e. The maximum atomic E-state index is 5.48. The molecule has 35 heavy (non-hydrogen) atoms. The molecule has 0 bridgehead atoms. The fourth-order valence-electron chi connectivity index (χ4n) is 5.67. The van der Waals surface area contributed by atoms with Gasteiger partial charge < -0.3 is 18.4 Å². The van der Waals surface area contributed by atoms with Crippen molar-refractivity contribution in [2.24, 2.45) is 13.0 Å². The Hall–Kier alpha value is -2.91. The molecule has 1 aromatic carbocycles. The number of thioether (sulfide) groups is 1. The van der Waals surface area contributed by atoms with Crippen LogP contribution < -0.4 is 0 Å². The van der Waals surface area contributed by atoms with E-state index in [9.17, 15) is 0 Å². The van der Waals surface area contributed by atoms with Gasteiger partial charge in [-0.15, -0.1) is 10.2 Å². The molecule has 2 aliphatic rings. The van der Waals surface area contributed by atoms with Gasteiger partial charge in [-0.05, 0) is 57.2 Å². The van der Waals surface area contributed by atoms with Crippen LogP contribution in [0.25, 0.3) is 22.7 Å². The largest absolute Gasteiger partial charge is 0.440 e. The zero-order chi connectivity index (χ0) is 24.2. The third-order valence-electron chi connectivity index (χ3n) is 7.63. The van der Waals surface area contributed by atoms with Gasteiger partial charge in [0.25, 0.3) is 0 Å². The number of aromatic nitrogens is 5. The second kappa shape index (κ2) is 8.64. The van der Waals surface area contributed by atoms with Gasteiger partial charge in [-0.3, -0.25) is 0 Å². The van der Waals surface area contributed by atoms with Gasteiger partial charge in [0.05, 0.1) is 11.4 Å². The van der Waals surface area contributed by atoms with Crippen LogP contribution >= 0.6 is 11.8 Å². The molecule has 4 aromatic rings. The molecule has 0 spiro atoms. The van der Waals surface area contributed by atoms with Gasteiger partial charge in [-0.25, -0.2) is 4.98 Å². The van der Waals surface area contributed by atoms with Gasteiger partial charge in [-0.2, -0.15) is 0 Å². The third-order valence-corrected chi connectivity index (χ3v) is 8.74. The average molecular weight is 491 g/mol. The molecule has 182 valence electrons. The van der Waals surface area contributed by atoms with E-state index < -0.39 is 0 Å². The summed E-state index contributed by atoms with van der Waals surface area (Å²) in [5.74, 6) is 4.10. The van der Waals surface area contributed by atoms with E-state index in [0.717, 1.165) is 64.9 Å². The third kappa shape index (κ3) is 3.90. The number of hydrogen-bond acceptors (Lipinski definition) is 8. The number of rotatable bonds is 8. The van der Waals surface area contributed by atoms with Gasteiger partial charge in [0.15, 0.2) is 17.3 Å². The zero-order valence-corrected chi connectivity index (χ0v) is 21.4. The van der Waals surface area contributed by atoms with Crippen molar-refractivity contribution in [3.05, 3.63) is 53.4 Å². The minimum absolute atomic E-state index is 0.345. The Kier molecular flexibility index (Phi) is 5.56. The van der Waals surface area contributed by atoms with Crippen molar-refractivity contribution in [1.29, 1.82) is 0 Å². The Morgan fingerprint density at radius 2 is 1.94 bits per heavy atom. The maximum absolute atomic E-state index is 5.48. The Balaban J connectivity index is 1.03. The summed E-state index contributed by atoms with van der Waals surface area (Å²) in [6, 6.07) is 9.12. The summed E-state index contributed by atoms with van der Waals surface area (Å²) in [6.07, 6.45) is 3.89. The molecule has 4 heterocycles. The van der Waals surface area contributed by atoms with Crippen LogP contribution in [0.5, 0.6) is 0 Å². The van der Waals surface area contributed by atoms with Crippen LogP contribution in [-0.2, 0) is 12.5 Å². The minimum atomic E-state index is 0.345. The summed E-state index contributed by atoms with van der Waals surface area (Å²) in [5, 5.41) is 13.7. The van der Waals surface area contributed by atoms with E-state index in [1.54, 1.807) is 11.8 Å². The second-order valence-corrected chi connectivity index (χ2v) is 11.0. The van der Waals surface area contributed by atoms with Crippen LogP contribution in [0.15, 0.2) is 44.8 Å². The smallest absolute Gasteiger partial charge is 0.202 e. The summed E-state index contributed by atoms with van der Waals surface area (Å²) in [4.78, 5) is 6.79. The molecular formula is C26H30N6O2S. The minimum Gasteiger partial charge on any atom is -0.440 e. The Labute approximate surface area is 209 Å². The molecule has 0 N–H and O–H groups in total. The molecule has 1 saturated carbocycles. The van der Waals surface area contributed by atoms with Crippen molar-refractivity contribution in [3.8, 4) is 22.7 Å². The lowest BCUT2D eigenvalue weighted by molar-refractivity contribution is 0.299. The van der Waals surface area contributed by atoms with Gasteiger partial charge in [-0.1, -0.05) is 41.2 Å². The van der Waals surface area contributed by atoms with E-state index in [-0.39, 0.29) is 0 Å². The van der Waals surface area contributed by atoms with E-state index in [2.05, 4.69) is 49.5 Å². The van der Waals surface area contributed by atoms with Gasteiger partial charge in [0.2, 0.25) is 5.82 Å². The second-order valence-electron chi connectivity index (χ2n) is 9.90. The van der Waals surface area contributed by atoms with E-state index in [4.69, 9.17) is 8.94 Å². The molecule has 1 saturated heterocycles. The number of fused-ring (bicyclic) bond motifs is 1. The normalized spacial score (nSPS) is 21.5. The molecule has 1 aliphatic carbocycles. The predicted molar refractivity (Wildman–Crippen MR) is 134 cm³/mol. The molecule has 2 fully saturated rings. The lowest BCUT2D eigenvalue weighted by Crippen LogP contribution is -2.27. The molecule has 8 nitrogen and oxygen atoms in total.